The summed E-state index contributed by atoms with van der Waals surface area (Å²) in [5, 5.41) is 5.36. The second kappa shape index (κ2) is 9.45. The van der Waals surface area contributed by atoms with Gasteiger partial charge < -0.3 is 24.8 Å². The maximum Gasteiger partial charge on any atom is 0.387 e. The molecule has 0 saturated carbocycles. The summed E-state index contributed by atoms with van der Waals surface area (Å²) in [6, 6.07) is 11.1. The lowest BCUT2D eigenvalue weighted by Crippen LogP contribution is -2.34. The van der Waals surface area contributed by atoms with Gasteiger partial charge in [0.15, 0.2) is 11.5 Å². The minimum Gasteiger partial charge on any atom is -0.493 e. The van der Waals surface area contributed by atoms with Crippen molar-refractivity contribution < 1.29 is 27.8 Å². The summed E-state index contributed by atoms with van der Waals surface area (Å²) in [5.41, 5.74) is 1.48. The number of alkyl halides is 2. The Morgan fingerprint density at radius 1 is 0.962 bits per heavy atom. The van der Waals surface area contributed by atoms with Gasteiger partial charge in [0.1, 0.15) is 5.75 Å². The maximum absolute atomic E-state index is 12.2. The van der Waals surface area contributed by atoms with Gasteiger partial charge >= 0.3 is 12.6 Å². The SMILES string of the molecule is COc1ccc(CNC(=O)NCc2cccc(OC(F)F)c2)cc1OC. The predicted molar refractivity (Wildman–Crippen MR) is 91.7 cm³/mol. The summed E-state index contributed by atoms with van der Waals surface area (Å²) >= 11 is 0. The number of urea groups is 1. The molecule has 140 valence electrons. The average Bonchev–Trinajstić information content (AvgIpc) is 2.64. The first-order valence-corrected chi connectivity index (χ1v) is 7.78. The molecule has 26 heavy (non-hydrogen) atoms. The van der Waals surface area contributed by atoms with Crippen LogP contribution in [0.2, 0.25) is 0 Å². The number of hydrogen-bond donors (Lipinski definition) is 2. The normalized spacial score (nSPS) is 10.3. The molecule has 0 bridgehead atoms. The molecule has 0 spiro atoms. The highest BCUT2D eigenvalue weighted by Gasteiger charge is 2.07. The average molecular weight is 366 g/mol. The summed E-state index contributed by atoms with van der Waals surface area (Å²) < 4.78 is 39.1. The van der Waals surface area contributed by atoms with Crippen LogP contribution < -0.4 is 24.8 Å². The van der Waals surface area contributed by atoms with Crippen molar-refractivity contribution in [2.45, 2.75) is 19.7 Å². The van der Waals surface area contributed by atoms with Crippen LogP contribution in [0.3, 0.4) is 0 Å². The number of methoxy groups -OCH3 is 2. The van der Waals surface area contributed by atoms with Gasteiger partial charge in [-0.3, -0.25) is 0 Å². The molecule has 0 saturated heterocycles. The Hall–Kier alpha value is -3.03. The number of carbonyl (C=O) groups is 1. The Morgan fingerprint density at radius 3 is 2.23 bits per heavy atom. The molecule has 2 rings (SSSR count). The van der Waals surface area contributed by atoms with Crippen molar-refractivity contribution in [2.75, 3.05) is 14.2 Å². The molecule has 2 aromatic carbocycles. The summed E-state index contributed by atoms with van der Waals surface area (Å²) in [7, 11) is 3.08. The summed E-state index contributed by atoms with van der Waals surface area (Å²) in [4.78, 5) is 11.9. The third-order valence-corrected chi connectivity index (χ3v) is 3.48. The lowest BCUT2D eigenvalue weighted by molar-refractivity contribution is -0.0498. The Labute approximate surface area is 150 Å². The van der Waals surface area contributed by atoms with Crippen molar-refractivity contribution in [3.05, 3.63) is 53.6 Å². The zero-order chi connectivity index (χ0) is 18.9. The fourth-order valence-corrected chi connectivity index (χ4v) is 2.25. The van der Waals surface area contributed by atoms with Crippen molar-refractivity contribution >= 4 is 6.03 Å². The molecule has 0 radical (unpaired) electrons. The van der Waals surface area contributed by atoms with Gasteiger partial charge in [0.2, 0.25) is 0 Å². The fraction of sp³-hybridized carbons (Fsp3) is 0.278. The Kier molecular flexibility index (Phi) is 7.02. The molecule has 0 fully saturated rings. The Bertz CT molecular complexity index is 741. The van der Waals surface area contributed by atoms with Gasteiger partial charge in [-0.15, -0.1) is 0 Å². The smallest absolute Gasteiger partial charge is 0.387 e. The molecule has 6 nitrogen and oxygen atoms in total. The number of amides is 2. The Morgan fingerprint density at radius 2 is 1.62 bits per heavy atom. The van der Waals surface area contributed by atoms with Crippen LogP contribution in [0.1, 0.15) is 11.1 Å². The van der Waals surface area contributed by atoms with Crippen LogP contribution >= 0.6 is 0 Å². The van der Waals surface area contributed by atoms with E-state index in [4.69, 9.17) is 9.47 Å². The zero-order valence-electron chi connectivity index (χ0n) is 14.4. The van der Waals surface area contributed by atoms with Crippen LogP contribution in [0.25, 0.3) is 0 Å². The standard InChI is InChI=1S/C18H20F2N2O4/c1-24-15-7-6-13(9-16(15)25-2)11-22-18(23)21-10-12-4-3-5-14(8-12)26-17(19)20/h3-9,17H,10-11H2,1-2H3,(H2,21,22,23). The van der Waals surface area contributed by atoms with E-state index in [0.29, 0.717) is 23.6 Å². The number of benzene rings is 2. The van der Waals surface area contributed by atoms with Gasteiger partial charge in [0, 0.05) is 13.1 Å². The molecule has 2 aromatic rings. The van der Waals surface area contributed by atoms with E-state index in [9.17, 15) is 13.6 Å². The number of rotatable bonds is 8. The lowest BCUT2D eigenvalue weighted by Gasteiger charge is -2.11. The largest absolute Gasteiger partial charge is 0.493 e. The monoisotopic (exact) mass is 366 g/mol. The number of hydrogen-bond acceptors (Lipinski definition) is 4. The molecule has 0 aliphatic heterocycles. The number of carbonyl (C=O) groups excluding carboxylic acids is 1. The summed E-state index contributed by atoms with van der Waals surface area (Å²) in [6.07, 6.45) is 0. The third-order valence-electron chi connectivity index (χ3n) is 3.48. The van der Waals surface area contributed by atoms with Crippen LogP contribution in [-0.4, -0.2) is 26.9 Å². The van der Waals surface area contributed by atoms with E-state index in [-0.39, 0.29) is 18.3 Å². The molecule has 2 N–H and O–H groups in total. The minimum absolute atomic E-state index is 0.0463. The molecule has 2 amide bonds. The molecule has 0 heterocycles. The number of nitrogens with one attached hydrogen (secondary N) is 2. The predicted octanol–water partition coefficient (Wildman–Crippen LogP) is 3.30. The molecule has 0 aromatic heterocycles. The van der Waals surface area contributed by atoms with E-state index in [2.05, 4.69) is 15.4 Å². The van der Waals surface area contributed by atoms with Crippen molar-refractivity contribution in [3.63, 3.8) is 0 Å². The highest BCUT2D eigenvalue weighted by atomic mass is 19.3. The van der Waals surface area contributed by atoms with Gasteiger partial charge in [0.05, 0.1) is 14.2 Å². The maximum atomic E-state index is 12.2. The number of halogens is 2. The lowest BCUT2D eigenvalue weighted by atomic mass is 10.2. The van der Waals surface area contributed by atoms with Crippen LogP contribution in [-0.2, 0) is 13.1 Å². The first-order chi connectivity index (χ1) is 12.5. The van der Waals surface area contributed by atoms with Crippen molar-refractivity contribution in [3.8, 4) is 17.2 Å². The molecule has 0 unspecified atom stereocenters. The number of ether oxygens (including phenoxy) is 3. The molecule has 0 aliphatic rings. The second-order valence-electron chi connectivity index (χ2n) is 5.25. The van der Waals surface area contributed by atoms with Crippen LogP contribution in [0, 0.1) is 0 Å². The molecular formula is C18H20F2N2O4. The topological polar surface area (TPSA) is 68.8 Å². The van der Waals surface area contributed by atoms with Gasteiger partial charge in [-0.1, -0.05) is 18.2 Å². The minimum atomic E-state index is -2.89. The van der Waals surface area contributed by atoms with E-state index in [0.717, 1.165) is 5.56 Å². The molecular weight excluding hydrogens is 346 g/mol. The van der Waals surface area contributed by atoms with Crippen molar-refractivity contribution in [2.24, 2.45) is 0 Å². The van der Waals surface area contributed by atoms with E-state index in [1.165, 1.54) is 19.2 Å². The van der Waals surface area contributed by atoms with E-state index in [1.807, 2.05) is 6.07 Å². The van der Waals surface area contributed by atoms with Crippen LogP contribution in [0.15, 0.2) is 42.5 Å². The van der Waals surface area contributed by atoms with Crippen molar-refractivity contribution in [1.29, 1.82) is 0 Å². The first-order valence-electron chi connectivity index (χ1n) is 7.78. The zero-order valence-corrected chi connectivity index (χ0v) is 14.4. The molecule has 0 aliphatic carbocycles. The van der Waals surface area contributed by atoms with Crippen LogP contribution in [0.4, 0.5) is 13.6 Å². The summed E-state index contributed by atoms with van der Waals surface area (Å²) in [6.45, 7) is -2.41. The highest BCUT2D eigenvalue weighted by molar-refractivity contribution is 5.73. The van der Waals surface area contributed by atoms with Gasteiger partial charge in [-0.25, -0.2) is 4.79 Å². The third kappa shape index (κ3) is 5.80. The van der Waals surface area contributed by atoms with Crippen molar-refractivity contribution in [1.82, 2.24) is 10.6 Å². The van der Waals surface area contributed by atoms with E-state index in [1.54, 1.807) is 31.4 Å². The van der Waals surface area contributed by atoms with Crippen LogP contribution in [0.5, 0.6) is 17.2 Å². The van der Waals surface area contributed by atoms with Gasteiger partial charge in [-0.2, -0.15) is 8.78 Å². The fourth-order valence-electron chi connectivity index (χ4n) is 2.25. The summed E-state index contributed by atoms with van der Waals surface area (Å²) in [5.74, 6) is 1.22. The van der Waals surface area contributed by atoms with E-state index < -0.39 is 6.61 Å². The molecule has 8 heteroatoms. The first kappa shape index (κ1) is 19.3. The quantitative estimate of drug-likeness (QED) is 0.752. The second-order valence-corrected chi connectivity index (χ2v) is 5.25. The van der Waals surface area contributed by atoms with E-state index >= 15 is 0 Å². The molecule has 0 atom stereocenters. The van der Waals surface area contributed by atoms with Gasteiger partial charge in [0.25, 0.3) is 0 Å². The van der Waals surface area contributed by atoms with Gasteiger partial charge in [-0.05, 0) is 35.4 Å². The highest BCUT2D eigenvalue weighted by Crippen LogP contribution is 2.27. The Balaban J connectivity index is 1.84.